The first-order chi connectivity index (χ1) is 17.3. The number of halogens is 4. The summed E-state index contributed by atoms with van der Waals surface area (Å²) in [7, 11) is 0. The molecule has 1 atom stereocenters. The summed E-state index contributed by atoms with van der Waals surface area (Å²) in [6.45, 7) is 5.07. The van der Waals surface area contributed by atoms with Crippen molar-refractivity contribution >= 4 is 29.4 Å². The highest BCUT2D eigenvalue weighted by Gasteiger charge is 2.36. The molecule has 0 bridgehead atoms. The molecule has 1 aliphatic heterocycles. The summed E-state index contributed by atoms with van der Waals surface area (Å²) in [5.41, 5.74) is -1.82. The van der Waals surface area contributed by atoms with Crippen LogP contribution in [-0.2, 0) is 19.1 Å². The average molecular weight is 540 g/mol. The number of nitrogens with one attached hydrogen (secondary N) is 1. The molecule has 1 amide bonds. The molecule has 10 nitrogen and oxygen atoms in total. The number of aromatic carboxylic acids is 1. The van der Waals surface area contributed by atoms with Crippen LogP contribution in [0.5, 0.6) is 0 Å². The first-order valence-electron chi connectivity index (χ1n) is 11.1. The predicted octanol–water partition coefficient (Wildman–Crippen LogP) is 4.00. The van der Waals surface area contributed by atoms with Crippen LogP contribution in [0.25, 0.3) is 6.01 Å². The van der Waals surface area contributed by atoms with Crippen molar-refractivity contribution in [2.75, 3.05) is 5.32 Å². The minimum absolute atomic E-state index is 0.00495. The largest absolute Gasteiger partial charge is 0.476 e. The first kappa shape index (κ1) is 26.2. The summed E-state index contributed by atoms with van der Waals surface area (Å²) in [5.74, 6) is -2.01. The molecule has 14 heteroatoms. The maximum atomic E-state index is 13.5. The number of carboxylic acids is 1. The van der Waals surface area contributed by atoms with Gasteiger partial charge in [0.2, 0.25) is 5.95 Å². The van der Waals surface area contributed by atoms with Crippen LogP contribution in [0.3, 0.4) is 0 Å². The lowest BCUT2D eigenvalue weighted by Crippen LogP contribution is -2.46. The van der Waals surface area contributed by atoms with Gasteiger partial charge in [0.15, 0.2) is 5.69 Å². The third kappa shape index (κ3) is 5.03. The number of alkyl halides is 3. The van der Waals surface area contributed by atoms with Crippen LogP contribution in [0.15, 0.2) is 33.7 Å². The molecule has 0 saturated heterocycles. The Kier molecular flexibility index (Phi) is 6.76. The van der Waals surface area contributed by atoms with Crippen LogP contribution in [0, 0.1) is 0 Å². The molecule has 0 aliphatic carbocycles. The molecule has 2 aromatic heterocycles. The van der Waals surface area contributed by atoms with Gasteiger partial charge in [0.1, 0.15) is 6.26 Å². The van der Waals surface area contributed by atoms with Gasteiger partial charge in [-0.1, -0.05) is 11.6 Å². The number of oxazole rings is 1. The number of benzene rings is 1. The van der Waals surface area contributed by atoms with E-state index in [0.29, 0.717) is 6.07 Å². The highest BCUT2D eigenvalue weighted by molar-refractivity contribution is 6.31. The van der Waals surface area contributed by atoms with Gasteiger partial charge in [-0.05, 0) is 45.4 Å². The van der Waals surface area contributed by atoms with E-state index in [1.165, 1.54) is 11.0 Å². The number of carbonyl (C=O) groups is 2. The molecule has 3 heterocycles. The second-order valence-electron chi connectivity index (χ2n) is 8.80. The van der Waals surface area contributed by atoms with E-state index in [1.54, 1.807) is 20.8 Å². The van der Waals surface area contributed by atoms with Gasteiger partial charge >= 0.3 is 18.2 Å². The molecule has 196 valence electrons. The van der Waals surface area contributed by atoms with Crippen molar-refractivity contribution in [3.8, 4) is 6.01 Å². The Bertz CT molecular complexity index is 1450. The molecule has 1 aliphatic rings. The number of aromatic nitrogens is 3. The van der Waals surface area contributed by atoms with E-state index in [9.17, 15) is 27.6 Å². The topological polar surface area (TPSA) is 131 Å². The average Bonchev–Trinajstić information content (AvgIpc) is 3.28. The Labute approximate surface area is 212 Å². The number of fused-ring (bicyclic) bond motifs is 1. The summed E-state index contributed by atoms with van der Waals surface area (Å²) in [6.07, 6.45) is -3.80. The summed E-state index contributed by atoms with van der Waals surface area (Å²) in [6, 6.07) is 1.85. The highest BCUT2D eigenvalue weighted by Crippen LogP contribution is 2.35. The molecule has 0 unspecified atom stereocenters. The minimum atomic E-state index is -4.74. The SMILES string of the molecule is CC(C)Nc1nc2c(c(=O)n1-c1nc(C(=O)O)co1)C[C@@H](C)N(C(=O)c1ccc(Cl)c(C(F)(F)F)c1)C2. The van der Waals surface area contributed by atoms with Gasteiger partial charge < -0.3 is 19.7 Å². The van der Waals surface area contributed by atoms with Gasteiger partial charge in [-0.2, -0.15) is 22.7 Å². The number of anilines is 1. The van der Waals surface area contributed by atoms with Crippen LogP contribution in [0.2, 0.25) is 5.02 Å². The molecule has 0 saturated carbocycles. The van der Waals surface area contributed by atoms with E-state index in [0.717, 1.165) is 16.9 Å². The standard InChI is InChI=1S/C23H21ClF3N5O5/c1-10(2)28-21-29-16-8-31(18(33)12-4-5-15(24)14(7-12)23(25,26)27)11(3)6-13(16)19(34)32(21)22-30-17(9-37-22)20(35)36/h4-5,7,9-11H,6,8H2,1-3H3,(H,28,29)(H,35,36)/t11-/m1/s1. The van der Waals surface area contributed by atoms with E-state index in [-0.39, 0.29) is 47.8 Å². The summed E-state index contributed by atoms with van der Waals surface area (Å²) < 4.78 is 46.2. The summed E-state index contributed by atoms with van der Waals surface area (Å²) in [5, 5.41) is 11.6. The lowest BCUT2D eigenvalue weighted by Gasteiger charge is -2.34. The number of rotatable bonds is 5. The lowest BCUT2D eigenvalue weighted by atomic mass is 9.98. The first-order valence-corrected chi connectivity index (χ1v) is 11.4. The van der Waals surface area contributed by atoms with Crippen LogP contribution in [-0.4, -0.2) is 48.5 Å². The molecule has 0 fully saturated rings. The molecule has 37 heavy (non-hydrogen) atoms. The minimum Gasteiger partial charge on any atom is -0.476 e. The summed E-state index contributed by atoms with van der Waals surface area (Å²) in [4.78, 5) is 47.6. The van der Waals surface area contributed by atoms with Gasteiger partial charge in [-0.25, -0.2) is 9.78 Å². The van der Waals surface area contributed by atoms with Crippen molar-refractivity contribution in [2.45, 2.75) is 52.0 Å². The van der Waals surface area contributed by atoms with Crippen molar-refractivity contribution in [1.82, 2.24) is 19.4 Å². The second-order valence-corrected chi connectivity index (χ2v) is 9.21. The Morgan fingerprint density at radius 1 is 1.27 bits per heavy atom. The maximum absolute atomic E-state index is 13.5. The predicted molar refractivity (Wildman–Crippen MR) is 125 cm³/mol. The van der Waals surface area contributed by atoms with Gasteiger partial charge in [0.25, 0.3) is 11.5 Å². The van der Waals surface area contributed by atoms with Crippen LogP contribution >= 0.6 is 11.6 Å². The molecule has 0 spiro atoms. The van der Waals surface area contributed by atoms with Gasteiger partial charge in [-0.3, -0.25) is 9.59 Å². The monoisotopic (exact) mass is 539 g/mol. The quantitative estimate of drug-likeness (QED) is 0.497. The van der Waals surface area contributed by atoms with E-state index in [2.05, 4.69) is 15.3 Å². The lowest BCUT2D eigenvalue weighted by molar-refractivity contribution is -0.137. The van der Waals surface area contributed by atoms with Crippen molar-refractivity contribution < 1.29 is 32.3 Å². The van der Waals surface area contributed by atoms with Gasteiger partial charge in [-0.15, -0.1) is 0 Å². The smallest absolute Gasteiger partial charge is 0.417 e. The molecule has 0 radical (unpaired) electrons. The normalized spacial score (nSPS) is 15.6. The molecule has 1 aromatic carbocycles. The fraction of sp³-hybridized carbons (Fsp3) is 0.348. The van der Waals surface area contributed by atoms with Crippen molar-refractivity contribution in [3.05, 3.63) is 67.9 Å². The fourth-order valence-corrected chi connectivity index (χ4v) is 4.19. The number of hydrogen-bond acceptors (Lipinski definition) is 7. The fourth-order valence-electron chi connectivity index (χ4n) is 3.97. The molecule has 4 rings (SSSR count). The second kappa shape index (κ2) is 9.54. The zero-order chi connectivity index (χ0) is 27.2. The van der Waals surface area contributed by atoms with Gasteiger partial charge in [0.05, 0.1) is 22.8 Å². The number of hydrogen-bond donors (Lipinski definition) is 2. The molecular weight excluding hydrogens is 519 g/mol. The molecular formula is C23H21ClF3N5O5. The van der Waals surface area contributed by atoms with E-state index >= 15 is 0 Å². The number of carbonyl (C=O) groups excluding carboxylic acids is 1. The number of carboxylic acid groups (broad SMARTS) is 1. The summed E-state index contributed by atoms with van der Waals surface area (Å²) >= 11 is 5.68. The third-order valence-corrected chi connectivity index (χ3v) is 6.04. The van der Waals surface area contributed by atoms with E-state index < -0.39 is 45.9 Å². The van der Waals surface area contributed by atoms with Crippen molar-refractivity contribution in [1.29, 1.82) is 0 Å². The van der Waals surface area contributed by atoms with Crippen LogP contribution < -0.4 is 10.9 Å². The molecule has 2 N–H and O–H groups in total. The molecule has 3 aromatic rings. The van der Waals surface area contributed by atoms with Crippen molar-refractivity contribution in [3.63, 3.8) is 0 Å². The Morgan fingerprint density at radius 3 is 2.57 bits per heavy atom. The van der Waals surface area contributed by atoms with Gasteiger partial charge in [0, 0.05) is 23.2 Å². The zero-order valence-corrected chi connectivity index (χ0v) is 20.5. The van der Waals surface area contributed by atoms with E-state index in [1.807, 2.05) is 0 Å². The zero-order valence-electron chi connectivity index (χ0n) is 19.8. The number of amides is 1. The highest BCUT2D eigenvalue weighted by atomic mass is 35.5. The Hall–Kier alpha value is -3.87. The maximum Gasteiger partial charge on any atom is 0.417 e. The van der Waals surface area contributed by atoms with Crippen LogP contribution in [0.1, 0.15) is 58.4 Å². The van der Waals surface area contributed by atoms with Crippen molar-refractivity contribution in [2.24, 2.45) is 0 Å². The number of nitrogens with zero attached hydrogens (tertiary/aromatic N) is 4. The third-order valence-electron chi connectivity index (χ3n) is 5.71. The Balaban J connectivity index is 1.76. The Morgan fingerprint density at radius 2 is 1.97 bits per heavy atom. The van der Waals surface area contributed by atoms with Crippen LogP contribution in [0.4, 0.5) is 19.1 Å². The van der Waals surface area contributed by atoms with E-state index in [4.69, 9.17) is 21.1 Å².